The number of amides is 2. The molecule has 0 aromatic heterocycles. The van der Waals surface area contributed by atoms with Gasteiger partial charge in [0.25, 0.3) is 0 Å². The van der Waals surface area contributed by atoms with Crippen molar-refractivity contribution in [3.63, 3.8) is 0 Å². The summed E-state index contributed by atoms with van der Waals surface area (Å²) >= 11 is 0. The molecule has 0 saturated carbocycles. The van der Waals surface area contributed by atoms with E-state index in [0.717, 1.165) is 5.56 Å². The van der Waals surface area contributed by atoms with Crippen LogP contribution in [0.25, 0.3) is 0 Å². The second kappa shape index (κ2) is 9.17. The topological polar surface area (TPSA) is 79.8 Å². The molecule has 0 spiro atoms. The number of carbonyl (C=O) groups is 2. The molecule has 0 bridgehead atoms. The van der Waals surface area contributed by atoms with Gasteiger partial charge >= 0.3 is 0 Å². The van der Waals surface area contributed by atoms with Gasteiger partial charge in [0.2, 0.25) is 11.8 Å². The lowest BCUT2D eigenvalue weighted by Gasteiger charge is -2.05. The van der Waals surface area contributed by atoms with E-state index in [2.05, 4.69) is 15.8 Å². The Hall–Kier alpha value is -3.22. The van der Waals surface area contributed by atoms with Gasteiger partial charge < -0.3 is 10.1 Å². The summed E-state index contributed by atoms with van der Waals surface area (Å²) in [5, 5.41) is 6.42. The van der Waals surface area contributed by atoms with Crippen molar-refractivity contribution >= 4 is 23.7 Å². The second-order valence-corrected chi connectivity index (χ2v) is 5.09. The van der Waals surface area contributed by atoms with Crippen molar-refractivity contribution in [3.05, 3.63) is 59.9 Å². The first kappa shape index (κ1) is 18.1. The SMILES string of the molecule is COc1ccccc1/C=N\NC(=O)CCC(=O)Nc1ccc(F)cc1. The number of hydrogen-bond acceptors (Lipinski definition) is 4. The third-order valence-corrected chi connectivity index (χ3v) is 3.24. The van der Waals surface area contributed by atoms with Crippen LogP contribution in [-0.4, -0.2) is 25.1 Å². The zero-order valence-electron chi connectivity index (χ0n) is 13.7. The van der Waals surface area contributed by atoms with Crippen LogP contribution >= 0.6 is 0 Å². The molecule has 2 amide bonds. The zero-order chi connectivity index (χ0) is 18.1. The number of para-hydroxylation sites is 1. The van der Waals surface area contributed by atoms with Crippen LogP contribution in [0.1, 0.15) is 18.4 Å². The number of methoxy groups -OCH3 is 1. The van der Waals surface area contributed by atoms with Crippen LogP contribution in [0.3, 0.4) is 0 Å². The Morgan fingerprint density at radius 3 is 2.48 bits per heavy atom. The van der Waals surface area contributed by atoms with E-state index in [1.165, 1.54) is 30.5 Å². The molecule has 0 aliphatic carbocycles. The second-order valence-electron chi connectivity index (χ2n) is 5.09. The number of nitrogens with zero attached hydrogens (tertiary/aromatic N) is 1. The Labute approximate surface area is 144 Å². The summed E-state index contributed by atoms with van der Waals surface area (Å²) in [5.41, 5.74) is 3.55. The van der Waals surface area contributed by atoms with Gasteiger partial charge in [-0.1, -0.05) is 12.1 Å². The number of nitrogens with one attached hydrogen (secondary N) is 2. The number of benzene rings is 2. The van der Waals surface area contributed by atoms with Gasteiger partial charge in [-0.25, -0.2) is 9.82 Å². The van der Waals surface area contributed by atoms with Gasteiger partial charge in [0, 0.05) is 24.1 Å². The van der Waals surface area contributed by atoms with E-state index < -0.39 is 0 Å². The van der Waals surface area contributed by atoms with Crippen LogP contribution in [0.15, 0.2) is 53.6 Å². The Kier molecular flexibility index (Phi) is 6.65. The molecule has 6 nitrogen and oxygen atoms in total. The molecule has 2 aromatic rings. The van der Waals surface area contributed by atoms with Crippen LogP contribution in [0, 0.1) is 5.82 Å². The molecule has 2 N–H and O–H groups in total. The van der Waals surface area contributed by atoms with Crippen molar-refractivity contribution in [1.82, 2.24) is 5.43 Å². The summed E-state index contributed by atoms with van der Waals surface area (Å²) in [4.78, 5) is 23.4. The van der Waals surface area contributed by atoms with E-state index in [1.807, 2.05) is 12.1 Å². The monoisotopic (exact) mass is 343 g/mol. The van der Waals surface area contributed by atoms with Crippen LogP contribution < -0.4 is 15.5 Å². The highest BCUT2D eigenvalue weighted by Crippen LogP contribution is 2.14. The molecule has 130 valence electrons. The minimum absolute atomic E-state index is 0.00656. The summed E-state index contributed by atoms with van der Waals surface area (Å²) in [6.45, 7) is 0. The first-order valence-corrected chi connectivity index (χ1v) is 7.59. The Balaban J connectivity index is 1.75. The molecule has 0 unspecified atom stereocenters. The molecule has 25 heavy (non-hydrogen) atoms. The first-order chi connectivity index (χ1) is 12.1. The van der Waals surface area contributed by atoms with Gasteiger partial charge in [-0.05, 0) is 36.4 Å². The minimum Gasteiger partial charge on any atom is -0.496 e. The molecule has 7 heteroatoms. The Bertz CT molecular complexity index is 760. The fraction of sp³-hybridized carbons (Fsp3) is 0.167. The van der Waals surface area contributed by atoms with Gasteiger partial charge in [-0.15, -0.1) is 0 Å². The van der Waals surface area contributed by atoms with Crippen molar-refractivity contribution in [2.24, 2.45) is 5.10 Å². The third-order valence-electron chi connectivity index (χ3n) is 3.24. The van der Waals surface area contributed by atoms with E-state index >= 15 is 0 Å². The summed E-state index contributed by atoms with van der Waals surface area (Å²) in [6, 6.07) is 12.6. The largest absolute Gasteiger partial charge is 0.496 e. The molecule has 0 saturated heterocycles. The lowest BCUT2D eigenvalue weighted by molar-refractivity contribution is -0.124. The maximum absolute atomic E-state index is 12.8. The molecule has 0 aliphatic heterocycles. The third kappa shape index (κ3) is 6.06. The molecule has 2 rings (SSSR count). The van der Waals surface area contributed by atoms with Gasteiger partial charge in [0.15, 0.2) is 0 Å². The molecule has 0 aliphatic rings. The molecular weight excluding hydrogens is 325 g/mol. The molecule has 0 fully saturated rings. The normalized spacial score (nSPS) is 10.5. The first-order valence-electron chi connectivity index (χ1n) is 7.59. The average molecular weight is 343 g/mol. The smallest absolute Gasteiger partial charge is 0.240 e. The number of anilines is 1. The van der Waals surface area contributed by atoms with Crippen LogP contribution in [0.5, 0.6) is 5.75 Å². The zero-order valence-corrected chi connectivity index (χ0v) is 13.7. The number of hydrazone groups is 1. The van der Waals surface area contributed by atoms with E-state index in [-0.39, 0.29) is 30.5 Å². The van der Waals surface area contributed by atoms with E-state index in [4.69, 9.17) is 4.74 Å². The standard InChI is InChI=1S/C18H18FN3O3/c1-25-16-5-3-2-4-13(16)12-20-22-18(24)11-10-17(23)21-15-8-6-14(19)7-9-15/h2-9,12H,10-11H2,1H3,(H,21,23)(H,22,24)/b20-12-. The van der Waals surface area contributed by atoms with E-state index in [9.17, 15) is 14.0 Å². The predicted molar refractivity (Wildman–Crippen MR) is 93.0 cm³/mol. The molecule has 2 aromatic carbocycles. The quantitative estimate of drug-likeness (QED) is 0.599. The van der Waals surface area contributed by atoms with Gasteiger partial charge in [-0.3, -0.25) is 9.59 Å². The fourth-order valence-electron chi connectivity index (χ4n) is 1.99. The lowest BCUT2D eigenvalue weighted by atomic mass is 10.2. The van der Waals surface area contributed by atoms with Crippen LogP contribution in [-0.2, 0) is 9.59 Å². The maximum atomic E-state index is 12.8. The number of ether oxygens (including phenoxy) is 1. The number of carbonyl (C=O) groups excluding carboxylic acids is 2. The number of rotatable bonds is 7. The molecule has 0 radical (unpaired) electrons. The van der Waals surface area contributed by atoms with Crippen LogP contribution in [0.2, 0.25) is 0 Å². The molecule has 0 heterocycles. The van der Waals surface area contributed by atoms with Crippen molar-refractivity contribution in [1.29, 1.82) is 0 Å². The number of hydrogen-bond donors (Lipinski definition) is 2. The highest BCUT2D eigenvalue weighted by atomic mass is 19.1. The van der Waals surface area contributed by atoms with Crippen LogP contribution in [0.4, 0.5) is 10.1 Å². The van der Waals surface area contributed by atoms with Gasteiger partial charge in [-0.2, -0.15) is 5.10 Å². The van der Waals surface area contributed by atoms with Crippen molar-refractivity contribution in [3.8, 4) is 5.75 Å². The van der Waals surface area contributed by atoms with Gasteiger partial charge in [0.05, 0.1) is 13.3 Å². The van der Waals surface area contributed by atoms with E-state index in [0.29, 0.717) is 11.4 Å². The summed E-state index contributed by atoms with van der Waals surface area (Å²) in [7, 11) is 1.55. The summed E-state index contributed by atoms with van der Waals surface area (Å²) in [6.07, 6.45) is 1.44. The Morgan fingerprint density at radius 1 is 1.08 bits per heavy atom. The molecular formula is C18H18FN3O3. The van der Waals surface area contributed by atoms with Crippen molar-refractivity contribution in [2.75, 3.05) is 12.4 Å². The van der Waals surface area contributed by atoms with Gasteiger partial charge in [0.1, 0.15) is 11.6 Å². The van der Waals surface area contributed by atoms with Crippen molar-refractivity contribution in [2.45, 2.75) is 12.8 Å². The highest BCUT2D eigenvalue weighted by Gasteiger charge is 2.07. The maximum Gasteiger partial charge on any atom is 0.240 e. The average Bonchev–Trinajstić information content (AvgIpc) is 2.62. The Morgan fingerprint density at radius 2 is 1.76 bits per heavy atom. The van der Waals surface area contributed by atoms with Crippen molar-refractivity contribution < 1.29 is 18.7 Å². The summed E-state index contributed by atoms with van der Waals surface area (Å²) < 4.78 is 17.9. The van der Waals surface area contributed by atoms with E-state index in [1.54, 1.807) is 19.2 Å². The highest BCUT2D eigenvalue weighted by molar-refractivity contribution is 5.93. The predicted octanol–water partition coefficient (Wildman–Crippen LogP) is 2.70. The lowest BCUT2D eigenvalue weighted by Crippen LogP contribution is -2.20. The number of halogens is 1. The minimum atomic E-state index is -0.389. The summed E-state index contributed by atoms with van der Waals surface area (Å²) in [5.74, 6) is -0.472. The molecule has 0 atom stereocenters. The fourth-order valence-corrected chi connectivity index (χ4v) is 1.99.